The van der Waals surface area contributed by atoms with E-state index in [0.717, 1.165) is 6.08 Å². The van der Waals surface area contributed by atoms with Crippen LogP contribution < -0.4 is 11.1 Å². The topological polar surface area (TPSA) is 109 Å². The molecule has 1 rings (SSSR count). The zero-order chi connectivity index (χ0) is 14.0. The Morgan fingerprint density at radius 3 is 2.17 bits per heavy atom. The molecule has 1 aromatic rings. The van der Waals surface area contributed by atoms with Crippen LogP contribution in [0.15, 0.2) is 43.0 Å². The minimum absolute atomic E-state index is 0.353. The Labute approximate surface area is 104 Å². The monoisotopic (exact) mass is 250 g/mol. The number of nitrogens with one attached hydrogen (secondary N) is 1. The van der Waals surface area contributed by atoms with Gasteiger partial charge < -0.3 is 16.2 Å². The smallest absolute Gasteiger partial charge is 0.322 e. The highest BCUT2D eigenvalue weighted by atomic mass is 16.4. The molecular weight excluding hydrogens is 236 g/mol. The van der Waals surface area contributed by atoms with Crippen LogP contribution in [0.25, 0.3) is 0 Å². The van der Waals surface area contributed by atoms with Gasteiger partial charge in [0.15, 0.2) is 0 Å². The standard InChI is InChI=1S/C9H9NO3.C3H5NO/c11-8(12)6-10-9(13)7-4-2-1-3-5-7;1-2-3(4)5/h1-5H,6H2,(H,10,13)(H,11,12);2H,1H2,(H2,4,5). The molecule has 0 aliphatic rings. The number of primary amides is 1. The summed E-state index contributed by atoms with van der Waals surface area (Å²) >= 11 is 0. The maximum absolute atomic E-state index is 11.2. The highest BCUT2D eigenvalue weighted by molar-refractivity contribution is 5.95. The van der Waals surface area contributed by atoms with E-state index < -0.39 is 11.9 Å². The van der Waals surface area contributed by atoms with E-state index in [1.165, 1.54) is 0 Å². The summed E-state index contributed by atoms with van der Waals surface area (Å²) in [4.78, 5) is 30.8. The van der Waals surface area contributed by atoms with Gasteiger partial charge in [-0.1, -0.05) is 24.8 Å². The molecule has 96 valence electrons. The summed E-state index contributed by atoms with van der Waals surface area (Å²) in [6.45, 7) is 2.73. The number of carboxylic acids is 1. The molecular formula is C12H14N2O4. The van der Waals surface area contributed by atoms with Gasteiger partial charge in [0, 0.05) is 5.56 Å². The molecule has 0 spiro atoms. The van der Waals surface area contributed by atoms with Gasteiger partial charge in [0.1, 0.15) is 6.54 Å². The van der Waals surface area contributed by atoms with Crippen molar-refractivity contribution in [2.24, 2.45) is 5.73 Å². The average molecular weight is 250 g/mol. The van der Waals surface area contributed by atoms with Gasteiger partial charge in [-0.2, -0.15) is 0 Å². The number of carbonyl (C=O) groups excluding carboxylic acids is 2. The third kappa shape index (κ3) is 7.63. The molecule has 0 fully saturated rings. The van der Waals surface area contributed by atoms with Gasteiger partial charge >= 0.3 is 5.97 Å². The second kappa shape index (κ2) is 8.51. The largest absolute Gasteiger partial charge is 0.480 e. The predicted molar refractivity (Wildman–Crippen MR) is 65.8 cm³/mol. The van der Waals surface area contributed by atoms with E-state index in [1.807, 2.05) is 0 Å². The van der Waals surface area contributed by atoms with Crippen LogP contribution in [0.4, 0.5) is 0 Å². The lowest BCUT2D eigenvalue weighted by Crippen LogP contribution is -2.29. The van der Waals surface area contributed by atoms with Gasteiger partial charge in [-0.05, 0) is 18.2 Å². The quantitative estimate of drug-likeness (QED) is 0.661. The Morgan fingerprint density at radius 2 is 1.78 bits per heavy atom. The molecule has 6 heteroatoms. The minimum Gasteiger partial charge on any atom is -0.480 e. The summed E-state index contributed by atoms with van der Waals surface area (Å²) in [6.07, 6.45) is 1.06. The number of carbonyl (C=O) groups is 3. The number of carboxylic acid groups (broad SMARTS) is 1. The van der Waals surface area contributed by atoms with Crippen molar-refractivity contribution in [2.75, 3.05) is 6.54 Å². The van der Waals surface area contributed by atoms with E-state index in [1.54, 1.807) is 30.3 Å². The van der Waals surface area contributed by atoms with Gasteiger partial charge in [0.05, 0.1) is 0 Å². The molecule has 0 unspecified atom stereocenters. The Balaban J connectivity index is 0.000000494. The SMILES string of the molecule is C=CC(N)=O.O=C(O)CNC(=O)c1ccccc1. The molecule has 0 atom stereocenters. The minimum atomic E-state index is -1.05. The lowest BCUT2D eigenvalue weighted by molar-refractivity contribution is -0.135. The zero-order valence-electron chi connectivity index (χ0n) is 9.63. The fourth-order valence-electron chi connectivity index (χ4n) is 0.847. The fraction of sp³-hybridized carbons (Fsp3) is 0.0833. The normalized spacial score (nSPS) is 8.44. The van der Waals surface area contributed by atoms with Gasteiger partial charge in [-0.25, -0.2) is 0 Å². The molecule has 6 nitrogen and oxygen atoms in total. The summed E-state index contributed by atoms with van der Waals surface area (Å²) in [6, 6.07) is 8.47. The zero-order valence-corrected chi connectivity index (χ0v) is 9.63. The van der Waals surface area contributed by atoms with Crippen molar-refractivity contribution in [1.82, 2.24) is 5.32 Å². The lowest BCUT2D eigenvalue weighted by Gasteiger charge is -2.00. The Bertz CT molecular complexity index is 429. The van der Waals surface area contributed by atoms with Crippen LogP contribution in [0.2, 0.25) is 0 Å². The van der Waals surface area contributed by atoms with Crippen LogP contribution in [0, 0.1) is 0 Å². The van der Waals surface area contributed by atoms with Crippen LogP contribution in [-0.2, 0) is 9.59 Å². The number of amides is 2. The van der Waals surface area contributed by atoms with Gasteiger partial charge in [-0.3, -0.25) is 14.4 Å². The molecule has 0 saturated carbocycles. The number of hydrogen-bond donors (Lipinski definition) is 3. The Hall–Kier alpha value is -2.63. The molecule has 18 heavy (non-hydrogen) atoms. The van der Waals surface area contributed by atoms with Crippen molar-refractivity contribution in [3.05, 3.63) is 48.6 Å². The second-order valence-electron chi connectivity index (χ2n) is 3.05. The van der Waals surface area contributed by atoms with Crippen LogP contribution in [0.5, 0.6) is 0 Å². The van der Waals surface area contributed by atoms with Crippen LogP contribution in [0.3, 0.4) is 0 Å². The van der Waals surface area contributed by atoms with Gasteiger partial charge in [0.25, 0.3) is 5.91 Å². The van der Waals surface area contributed by atoms with Crippen LogP contribution in [0.1, 0.15) is 10.4 Å². The molecule has 0 saturated heterocycles. The highest BCUT2D eigenvalue weighted by Crippen LogP contribution is 1.96. The number of aliphatic carboxylic acids is 1. The Kier molecular flexibility index (Phi) is 7.27. The number of hydrogen-bond acceptors (Lipinski definition) is 3. The Morgan fingerprint density at radius 1 is 1.28 bits per heavy atom. The summed E-state index contributed by atoms with van der Waals surface area (Å²) in [5, 5.41) is 10.6. The third-order valence-corrected chi connectivity index (χ3v) is 1.64. The molecule has 0 aromatic heterocycles. The molecule has 1 aromatic carbocycles. The van der Waals surface area contributed by atoms with Crippen LogP contribution in [-0.4, -0.2) is 29.4 Å². The second-order valence-corrected chi connectivity index (χ2v) is 3.05. The number of nitrogens with two attached hydrogens (primary N) is 1. The predicted octanol–water partition coefficient (Wildman–Crippen LogP) is 0.159. The van der Waals surface area contributed by atoms with E-state index in [4.69, 9.17) is 5.11 Å². The summed E-state index contributed by atoms with van der Waals surface area (Å²) in [7, 11) is 0. The van der Waals surface area contributed by atoms with E-state index in [9.17, 15) is 14.4 Å². The van der Waals surface area contributed by atoms with Crippen molar-refractivity contribution in [3.63, 3.8) is 0 Å². The van der Waals surface area contributed by atoms with Gasteiger partial charge in [-0.15, -0.1) is 0 Å². The van der Waals surface area contributed by atoms with Crippen molar-refractivity contribution in [2.45, 2.75) is 0 Å². The third-order valence-electron chi connectivity index (χ3n) is 1.64. The molecule has 0 heterocycles. The van der Waals surface area contributed by atoms with E-state index >= 15 is 0 Å². The first-order valence-corrected chi connectivity index (χ1v) is 4.94. The first-order valence-electron chi connectivity index (χ1n) is 4.94. The molecule has 0 aliphatic heterocycles. The lowest BCUT2D eigenvalue weighted by atomic mass is 10.2. The first-order chi connectivity index (χ1) is 8.47. The van der Waals surface area contributed by atoms with E-state index in [-0.39, 0.29) is 12.5 Å². The average Bonchev–Trinajstić information content (AvgIpc) is 2.37. The molecule has 4 N–H and O–H groups in total. The fourth-order valence-corrected chi connectivity index (χ4v) is 0.847. The van der Waals surface area contributed by atoms with Crippen molar-refractivity contribution >= 4 is 17.8 Å². The molecule has 0 bridgehead atoms. The summed E-state index contributed by atoms with van der Waals surface area (Å²) < 4.78 is 0. The van der Waals surface area contributed by atoms with E-state index in [2.05, 4.69) is 17.6 Å². The first kappa shape index (κ1) is 15.4. The highest BCUT2D eigenvalue weighted by Gasteiger charge is 2.04. The number of rotatable bonds is 4. The van der Waals surface area contributed by atoms with Crippen molar-refractivity contribution in [3.8, 4) is 0 Å². The molecule has 0 aliphatic carbocycles. The maximum Gasteiger partial charge on any atom is 0.322 e. The van der Waals surface area contributed by atoms with E-state index in [0.29, 0.717) is 5.56 Å². The van der Waals surface area contributed by atoms with Crippen molar-refractivity contribution in [1.29, 1.82) is 0 Å². The summed E-state index contributed by atoms with van der Waals surface area (Å²) in [5.74, 6) is -1.91. The molecule has 2 amide bonds. The molecule has 0 radical (unpaired) electrons. The van der Waals surface area contributed by atoms with Gasteiger partial charge in [0.2, 0.25) is 5.91 Å². The van der Waals surface area contributed by atoms with Crippen molar-refractivity contribution < 1.29 is 19.5 Å². The maximum atomic E-state index is 11.2. The summed E-state index contributed by atoms with van der Waals surface area (Å²) in [5.41, 5.74) is 5.00. The number of benzene rings is 1. The van der Waals surface area contributed by atoms with Crippen LogP contribution >= 0.6 is 0 Å².